The third-order valence-corrected chi connectivity index (χ3v) is 5.76. The minimum Gasteiger partial charge on any atom is -0.481 e. The van der Waals surface area contributed by atoms with Gasteiger partial charge >= 0.3 is 11.9 Å². The van der Waals surface area contributed by atoms with Crippen molar-refractivity contribution in [1.29, 1.82) is 0 Å². The molecule has 0 aliphatic heterocycles. The number of aliphatic imine (C=N–C) groups is 2. The van der Waals surface area contributed by atoms with E-state index < -0.39 is 60.2 Å². The topological polar surface area (TPSA) is 345 Å². The number of aliphatic carboxylic acids is 2. The number of aromatic nitrogens is 2. The van der Waals surface area contributed by atoms with Crippen LogP contribution in [-0.2, 0) is 30.4 Å². The Hall–Kier alpha value is -4.94. The summed E-state index contributed by atoms with van der Waals surface area (Å²) in [5.41, 5.74) is 27.6. The van der Waals surface area contributed by atoms with Crippen LogP contribution in [0.25, 0.3) is 0 Å². The SMILES string of the molecule is NC(N)=NCCCC(N)C(=O)NC(CCCN=C(N)N)C(=O)NC(CCC(=O)O)C(=O)NC(Cc1cnc[nH]1)C(=O)O. The van der Waals surface area contributed by atoms with E-state index in [2.05, 4.69) is 35.9 Å². The van der Waals surface area contributed by atoms with E-state index >= 15 is 0 Å². The number of carboxylic acids is 2. The first-order valence-electron chi connectivity index (χ1n) is 13.0. The number of imidazole rings is 1. The Bertz CT molecular complexity index is 1100. The zero-order valence-electron chi connectivity index (χ0n) is 23.0. The summed E-state index contributed by atoms with van der Waals surface area (Å²) in [6, 6.07) is -5.08. The summed E-state index contributed by atoms with van der Waals surface area (Å²) in [5, 5.41) is 26.0. The maximum Gasteiger partial charge on any atom is 0.326 e. The van der Waals surface area contributed by atoms with Gasteiger partial charge in [0.1, 0.15) is 18.1 Å². The molecule has 234 valence electrons. The van der Waals surface area contributed by atoms with Crippen molar-refractivity contribution in [2.75, 3.05) is 13.1 Å². The van der Waals surface area contributed by atoms with E-state index in [0.717, 1.165) is 0 Å². The highest BCUT2D eigenvalue weighted by Crippen LogP contribution is 2.06. The molecule has 0 bridgehead atoms. The summed E-state index contributed by atoms with van der Waals surface area (Å²) < 4.78 is 0. The molecular formula is C23H40N12O7. The smallest absolute Gasteiger partial charge is 0.326 e. The molecule has 3 amide bonds. The van der Waals surface area contributed by atoms with Gasteiger partial charge in [0.05, 0.1) is 12.4 Å². The molecule has 19 heteroatoms. The van der Waals surface area contributed by atoms with Crippen LogP contribution >= 0.6 is 0 Å². The quantitative estimate of drug-likeness (QED) is 0.0386. The highest BCUT2D eigenvalue weighted by atomic mass is 16.4. The minimum absolute atomic E-state index is 0.0277. The number of hydrogen-bond acceptors (Lipinski definition) is 9. The van der Waals surface area contributed by atoms with Gasteiger partial charge in [0.2, 0.25) is 17.7 Å². The van der Waals surface area contributed by atoms with Crippen LogP contribution in [0.1, 0.15) is 44.2 Å². The van der Waals surface area contributed by atoms with E-state index in [9.17, 15) is 29.1 Å². The van der Waals surface area contributed by atoms with Crippen molar-refractivity contribution in [2.45, 2.75) is 69.1 Å². The lowest BCUT2D eigenvalue weighted by Crippen LogP contribution is -2.57. The Kier molecular flexibility index (Phi) is 15.4. The van der Waals surface area contributed by atoms with Gasteiger partial charge in [-0.25, -0.2) is 9.78 Å². The third kappa shape index (κ3) is 14.4. The molecule has 16 N–H and O–H groups in total. The fraction of sp³-hybridized carbons (Fsp3) is 0.565. The van der Waals surface area contributed by atoms with Crippen molar-refractivity contribution in [3.63, 3.8) is 0 Å². The van der Waals surface area contributed by atoms with Crippen LogP contribution in [0.3, 0.4) is 0 Å². The maximum atomic E-state index is 13.2. The predicted octanol–water partition coefficient (Wildman–Crippen LogP) is -4.21. The Morgan fingerprint density at radius 3 is 1.83 bits per heavy atom. The fourth-order valence-electron chi connectivity index (χ4n) is 3.60. The molecule has 0 fully saturated rings. The molecule has 1 rings (SSSR count). The van der Waals surface area contributed by atoms with Crippen LogP contribution in [0, 0.1) is 0 Å². The second-order valence-electron chi connectivity index (χ2n) is 9.24. The van der Waals surface area contributed by atoms with Crippen molar-refractivity contribution in [3.05, 3.63) is 18.2 Å². The molecule has 4 atom stereocenters. The average molecular weight is 597 g/mol. The Morgan fingerprint density at radius 2 is 1.33 bits per heavy atom. The van der Waals surface area contributed by atoms with Crippen molar-refractivity contribution >= 4 is 41.6 Å². The predicted molar refractivity (Wildman–Crippen MR) is 150 cm³/mol. The van der Waals surface area contributed by atoms with E-state index in [4.69, 9.17) is 33.8 Å². The molecule has 0 aliphatic rings. The summed E-state index contributed by atoms with van der Waals surface area (Å²) in [7, 11) is 0. The van der Waals surface area contributed by atoms with Gasteiger partial charge in [-0.2, -0.15) is 0 Å². The number of guanidine groups is 2. The number of rotatable bonds is 20. The van der Waals surface area contributed by atoms with Gasteiger partial charge in [0.25, 0.3) is 0 Å². The monoisotopic (exact) mass is 596 g/mol. The number of aromatic amines is 1. The molecule has 0 radical (unpaired) electrons. The number of carboxylic acid groups (broad SMARTS) is 2. The zero-order chi connectivity index (χ0) is 31.7. The molecule has 1 heterocycles. The van der Waals surface area contributed by atoms with E-state index in [-0.39, 0.29) is 57.1 Å². The normalized spacial score (nSPS) is 13.5. The molecule has 0 aliphatic carbocycles. The van der Waals surface area contributed by atoms with Crippen LogP contribution in [0.15, 0.2) is 22.5 Å². The van der Waals surface area contributed by atoms with Gasteiger partial charge < -0.3 is 59.8 Å². The highest BCUT2D eigenvalue weighted by molar-refractivity contribution is 5.94. The summed E-state index contributed by atoms with van der Waals surface area (Å²) in [4.78, 5) is 76.1. The molecule has 42 heavy (non-hydrogen) atoms. The standard InChI is InChI=1S/C23H40N12O7/c24-13(3-1-7-30-22(25)26)18(38)33-14(4-2-8-31-23(27)28)19(39)34-15(5-6-17(36)37)20(40)35-16(21(41)42)9-12-10-29-11-32-12/h10-11,13-16H,1-9,24H2,(H,29,32)(H,33,38)(H,34,39)(H,35,40)(H,36,37)(H,41,42)(H4,25,26,30)(H4,27,28,31). The number of carbonyl (C=O) groups excluding carboxylic acids is 3. The van der Waals surface area contributed by atoms with E-state index in [1.54, 1.807) is 0 Å². The lowest BCUT2D eigenvalue weighted by atomic mass is 10.1. The first-order chi connectivity index (χ1) is 19.8. The number of amides is 3. The number of nitrogens with two attached hydrogens (primary N) is 5. The molecule has 19 nitrogen and oxygen atoms in total. The van der Waals surface area contributed by atoms with Gasteiger partial charge in [-0.05, 0) is 32.1 Å². The first kappa shape index (κ1) is 35.1. The molecule has 1 aromatic rings. The zero-order valence-corrected chi connectivity index (χ0v) is 23.0. The molecule has 0 saturated heterocycles. The Labute approximate surface area is 241 Å². The van der Waals surface area contributed by atoms with E-state index in [1.807, 2.05) is 0 Å². The largest absolute Gasteiger partial charge is 0.481 e. The molecular weight excluding hydrogens is 556 g/mol. The third-order valence-electron chi connectivity index (χ3n) is 5.76. The summed E-state index contributed by atoms with van der Waals surface area (Å²) >= 11 is 0. The van der Waals surface area contributed by atoms with Gasteiger partial charge in [-0.15, -0.1) is 0 Å². The van der Waals surface area contributed by atoms with Crippen LogP contribution in [-0.4, -0.2) is 99.0 Å². The van der Waals surface area contributed by atoms with Crippen molar-refractivity contribution in [1.82, 2.24) is 25.9 Å². The number of nitrogens with zero attached hydrogens (tertiary/aromatic N) is 3. The van der Waals surface area contributed by atoms with Crippen LogP contribution < -0.4 is 44.6 Å². The Balaban J connectivity index is 3.02. The number of H-pyrrole nitrogens is 1. The van der Waals surface area contributed by atoms with Crippen molar-refractivity contribution in [3.8, 4) is 0 Å². The first-order valence-corrected chi connectivity index (χ1v) is 13.0. The van der Waals surface area contributed by atoms with Crippen molar-refractivity contribution < 1.29 is 34.2 Å². The summed E-state index contributed by atoms with van der Waals surface area (Å²) in [5.74, 6) is -5.31. The van der Waals surface area contributed by atoms with Crippen LogP contribution in [0.5, 0.6) is 0 Å². The van der Waals surface area contributed by atoms with Gasteiger partial charge in [-0.3, -0.25) is 29.2 Å². The number of carbonyl (C=O) groups is 5. The highest BCUT2D eigenvalue weighted by Gasteiger charge is 2.30. The Morgan fingerprint density at radius 1 is 0.810 bits per heavy atom. The molecule has 0 spiro atoms. The number of nitrogens with one attached hydrogen (secondary N) is 4. The lowest BCUT2D eigenvalue weighted by molar-refractivity contribution is -0.143. The van der Waals surface area contributed by atoms with Gasteiger partial charge in [0.15, 0.2) is 11.9 Å². The van der Waals surface area contributed by atoms with Gasteiger partial charge in [-0.1, -0.05) is 0 Å². The second-order valence-corrected chi connectivity index (χ2v) is 9.24. The summed E-state index contributed by atoms with van der Waals surface area (Å²) in [6.45, 7) is 0.368. The molecule has 1 aromatic heterocycles. The molecule has 0 aromatic carbocycles. The van der Waals surface area contributed by atoms with Crippen molar-refractivity contribution in [2.24, 2.45) is 38.7 Å². The number of hydrogen-bond donors (Lipinski definition) is 11. The lowest BCUT2D eigenvalue weighted by Gasteiger charge is -2.25. The molecule has 0 saturated carbocycles. The second kappa shape index (κ2) is 18.4. The minimum atomic E-state index is -1.44. The fourth-order valence-corrected chi connectivity index (χ4v) is 3.60. The van der Waals surface area contributed by atoms with Crippen LogP contribution in [0.2, 0.25) is 0 Å². The van der Waals surface area contributed by atoms with E-state index in [1.165, 1.54) is 12.5 Å². The van der Waals surface area contributed by atoms with Crippen LogP contribution in [0.4, 0.5) is 0 Å². The van der Waals surface area contributed by atoms with E-state index in [0.29, 0.717) is 12.1 Å². The van der Waals surface area contributed by atoms with Gasteiger partial charge in [0, 0.05) is 37.8 Å². The average Bonchev–Trinajstić information content (AvgIpc) is 3.42. The maximum absolute atomic E-state index is 13.2. The summed E-state index contributed by atoms with van der Waals surface area (Å²) in [6.07, 6.45) is 2.55. The molecule has 4 unspecified atom stereocenters.